The number of nitrogens with zero attached hydrogens (tertiary/aromatic N) is 2. The van der Waals surface area contributed by atoms with Gasteiger partial charge in [-0.3, -0.25) is 10.1 Å². The third-order valence-corrected chi connectivity index (χ3v) is 3.99. The molecule has 2 unspecified atom stereocenters. The van der Waals surface area contributed by atoms with Crippen LogP contribution in [0.2, 0.25) is 0 Å². The van der Waals surface area contributed by atoms with E-state index in [0.29, 0.717) is 12.1 Å². The molecule has 0 aliphatic heterocycles. The second-order valence-electron chi connectivity index (χ2n) is 5.30. The van der Waals surface area contributed by atoms with Crippen LogP contribution in [0.25, 0.3) is 0 Å². The summed E-state index contributed by atoms with van der Waals surface area (Å²) in [5.74, 6) is -1.20. The number of aliphatic hydroxyl groups excluding tert-OH is 1. The summed E-state index contributed by atoms with van der Waals surface area (Å²) in [6, 6.07) is 3.65. The number of hydrogen-bond acceptors (Lipinski definition) is 5. The molecular formula is C14H18N2O5. The van der Waals surface area contributed by atoms with E-state index in [1.54, 1.807) is 11.9 Å². The van der Waals surface area contributed by atoms with Crippen LogP contribution in [0.3, 0.4) is 0 Å². The molecule has 0 spiro atoms. The van der Waals surface area contributed by atoms with Crippen LogP contribution >= 0.6 is 0 Å². The lowest BCUT2D eigenvalue weighted by atomic mass is 9.91. The number of anilines is 1. The van der Waals surface area contributed by atoms with Crippen LogP contribution in [-0.2, 0) is 0 Å². The maximum absolute atomic E-state index is 11.2. The predicted molar refractivity (Wildman–Crippen MR) is 76.7 cm³/mol. The van der Waals surface area contributed by atoms with E-state index in [1.165, 1.54) is 12.1 Å². The third kappa shape index (κ3) is 3.13. The molecule has 0 bridgehead atoms. The Morgan fingerprint density at radius 3 is 2.62 bits per heavy atom. The van der Waals surface area contributed by atoms with Gasteiger partial charge in [0.25, 0.3) is 5.69 Å². The summed E-state index contributed by atoms with van der Waals surface area (Å²) in [5, 5.41) is 30.2. The van der Waals surface area contributed by atoms with Crippen molar-refractivity contribution in [3.05, 3.63) is 33.9 Å². The average molecular weight is 294 g/mol. The summed E-state index contributed by atoms with van der Waals surface area (Å²) in [5.41, 5.74) is -0.0471. The molecule has 1 aliphatic rings. The zero-order chi connectivity index (χ0) is 15.6. The number of carbonyl (C=O) groups is 1. The number of rotatable bonds is 4. The highest BCUT2D eigenvalue weighted by Gasteiger charge is 2.30. The number of aromatic carboxylic acids is 1. The Morgan fingerprint density at radius 1 is 1.38 bits per heavy atom. The molecule has 1 aromatic rings. The molecule has 1 fully saturated rings. The van der Waals surface area contributed by atoms with Crippen molar-refractivity contribution >= 4 is 17.3 Å². The molecule has 1 aliphatic carbocycles. The van der Waals surface area contributed by atoms with Crippen LogP contribution in [0.5, 0.6) is 0 Å². The summed E-state index contributed by atoms with van der Waals surface area (Å²) >= 11 is 0. The van der Waals surface area contributed by atoms with E-state index in [9.17, 15) is 20.0 Å². The summed E-state index contributed by atoms with van der Waals surface area (Å²) in [7, 11) is 1.70. The van der Waals surface area contributed by atoms with Crippen molar-refractivity contribution in [2.24, 2.45) is 0 Å². The lowest BCUT2D eigenvalue weighted by molar-refractivity contribution is -0.384. The van der Waals surface area contributed by atoms with Gasteiger partial charge in [0.2, 0.25) is 0 Å². The number of hydrogen-bond donors (Lipinski definition) is 2. The highest BCUT2D eigenvalue weighted by molar-refractivity contribution is 5.89. The minimum absolute atomic E-state index is 0.122. The second kappa shape index (κ2) is 6.09. The van der Waals surface area contributed by atoms with Crippen LogP contribution in [0.15, 0.2) is 18.2 Å². The highest BCUT2D eigenvalue weighted by Crippen LogP contribution is 2.33. The Balaban J connectivity index is 2.37. The molecule has 0 amide bonds. The summed E-state index contributed by atoms with van der Waals surface area (Å²) in [6.07, 6.45) is 2.83. The fourth-order valence-corrected chi connectivity index (χ4v) is 2.82. The Kier molecular flexibility index (Phi) is 4.42. The number of nitro groups is 1. The largest absolute Gasteiger partial charge is 0.478 e. The maximum atomic E-state index is 11.2. The first-order valence-electron chi connectivity index (χ1n) is 6.84. The van der Waals surface area contributed by atoms with Gasteiger partial charge in [-0.05, 0) is 25.0 Å². The van der Waals surface area contributed by atoms with Crippen LogP contribution in [0.4, 0.5) is 11.4 Å². The van der Waals surface area contributed by atoms with Crippen molar-refractivity contribution in [1.29, 1.82) is 0 Å². The summed E-state index contributed by atoms with van der Waals surface area (Å²) in [4.78, 5) is 23.2. The molecule has 1 aromatic carbocycles. The van der Waals surface area contributed by atoms with Crippen molar-refractivity contribution in [1.82, 2.24) is 0 Å². The highest BCUT2D eigenvalue weighted by atomic mass is 16.6. The van der Waals surface area contributed by atoms with Crippen LogP contribution in [0, 0.1) is 10.1 Å². The maximum Gasteiger partial charge on any atom is 0.335 e. The Morgan fingerprint density at radius 2 is 2.05 bits per heavy atom. The van der Waals surface area contributed by atoms with Crippen molar-refractivity contribution in [2.75, 3.05) is 11.9 Å². The van der Waals surface area contributed by atoms with Crippen LogP contribution in [-0.4, -0.2) is 40.3 Å². The Bertz CT molecular complexity index is 560. The van der Waals surface area contributed by atoms with Gasteiger partial charge in [-0.25, -0.2) is 4.79 Å². The van der Waals surface area contributed by atoms with Gasteiger partial charge < -0.3 is 15.1 Å². The molecule has 7 heteroatoms. The van der Waals surface area contributed by atoms with Gasteiger partial charge in [-0.2, -0.15) is 0 Å². The quantitative estimate of drug-likeness (QED) is 0.650. The van der Waals surface area contributed by atoms with Gasteiger partial charge in [0.15, 0.2) is 0 Å². The Labute approximate surface area is 122 Å². The van der Waals surface area contributed by atoms with Gasteiger partial charge in [0.1, 0.15) is 5.69 Å². The number of likely N-dealkylation sites (N-methyl/N-ethyl adjacent to an activating group) is 1. The molecule has 2 atom stereocenters. The minimum atomic E-state index is -1.20. The SMILES string of the molecule is CN(c1ccc(C(=O)O)cc1[N+](=O)[O-])C1CCCCC1O. The topological polar surface area (TPSA) is 104 Å². The predicted octanol–water partition coefficient (Wildman–Crippen LogP) is 2.03. The van der Waals surface area contributed by atoms with Gasteiger partial charge in [-0.15, -0.1) is 0 Å². The monoisotopic (exact) mass is 294 g/mol. The zero-order valence-electron chi connectivity index (χ0n) is 11.7. The molecular weight excluding hydrogens is 276 g/mol. The van der Waals surface area contributed by atoms with Gasteiger partial charge >= 0.3 is 5.97 Å². The number of carboxylic acid groups (broad SMARTS) is 1. The first-order valence-corrected chi connectivity index (χ1v) is 6.84. The van der Waals surface area contributed by atoms with Crippen LogP contribution in [0.1, 0.15) is 36.0 Å². The number of benzene rings is 1. The number of aliphatic hydroxyl groups is 1. The smallest absolute Gasteiger partial charge is 0.335 e. The average Bonchev–Trinajstić information content (AvgIpc) is 2.46. The summed E-state index contributed by atoms with van der Waals surface area (Å²) in [6.45, 7) is 0. The Hall–Kier alpha value is -2.15. The fraction of sp³-hybridized carbons (Fsp3) is 0.500. The van der Waals surface area contributed by atoms with E-state index in [-0.39, 0.29) is 17.3 Å². The zero-order valence-corrected chi connectivity index (χ0v) is 11.7. The molecule has 0 aromatic heterocycles. The lowest BCUT2D eigenvalue weighted by Crippen LogP contribution is -2.43. The van der Waals surface area contributed by atoms with E-state index in [2.05, 4.69) is 0 Å². The standard InChI is InChI=1S/C14H18N2O5/c1-15(11-4-2-3-5-13(11)17)10-7-6-9(14(18)19)8-12(10)16(20)21/h6-8,11,13,17H,2-5H2,1H3,(H,18,19). The van der Waals surface area contributed by atoms with Crippen molar-refractivity contribution in [3.8, 4) is 0 Å². The molecule has 7 nitrogen and oxygen atoms in total. The lowest BCUT2D eigenvalue weighted by Gasteiger charge is -2.36. The van der Waals surface area contributed by atoms with Crippen molar-refractivity contribution in [2.45, 2.75) is 37.8 Å². The van der Waals surface area contributed by atoms with Gasteiger partial charge in [0.05, 0.1) is 22.6 Å². The van der Waals surface area contributed by atoms with Crippen molar-refractivity contribution < 1.29 is 19.9 Å². The van der Waals surface area contributed by atoms with Crippen LogP contribution < -0.4 is 4.90 Å². The fourth-order valence-electron chi connectivity index (χ4n) is 2.82. The van der Waals surface area contributed by atoms with E-state index >= 15 is 0 Å². The number of carboxylic acids is 1. The van der Waals surface area contributed by atoms with Gasteiger partial charge in [-0.1, -0.05) is 12.8 Å². The van der Waals surface area contributed by atoms with E-state index < -0.39 is 17.0 Å². The van der Waals surface area contributed by atoms with Crippen molar-refractivity contribution in [3.63, 3.8) is 0 Å². The van der Waals surface area contributed by atoms with E-state index in [1.807, 2.05) is 0 Å². The second-order valence-corrected chi connectivity index (χ2v) is 5.30. The minimum Gasteiger partial charge on any atom is -0.478 e. The van der Waals surface area contributed by atoms with E-state index in [4.69, 9.17) is 5.11 Å². The first kappa shape index (κ1) is 15.2. The third-order valence-electron chi connectivity index (χ3n) is 3.99. The molecule has 0 saturated heterocycles. The first-order chi connectivity index (χ1) is 9.91. The van der Waals surface area contributed by atoms with Gasteiger partial charge in [0, 0.05) is 13.1 Å². The molecule has 21 heavy (non-hydrogen) atoms. The molecule has 0 radical (unpaired) electrons. The number of nitro benzene ring substituents is 1. The summed E-state index contributed by atoms with van der Waals surface area (Å²) < 4.78 is 0. The molecule has 2 rings (SSSR count). The molecule has 0 heterocycles. The van der Waals surface area contributed by atoms with E-state index in [0.717, 1.165) is 25.3 Å². The normalized spacial score (nSPS) is 21.8. The molecule has 114 valence electrons. The molecule has 2 N–H and O–H groups in total. The molecule has 1 saturated carbocycles.